The standard InChI is InChI=1S/C40H56ClN3O12S2/c1-22-11-10-12-30(53-9)40(51)21-29(54-38(50)42-40)24(3)36-39(5,56-36)31(20-33(46)44(7)27-18-26(17-22)19-28(52-8)35(27)41)55-37(49)25(4)43(6)32(45)15-16-57-58-23(2)13-14-34(47)48/h10-12,18-19,23-25,29-31,36,51H,13-17,20-21H2,1-9H3,(H,42,50)(H,47,48)/b12-10+,22-11+/t23?,24?,25-,29?,30?,31?,36?,39?,40?/m0/s1. The number of anilines is 1. The molecule has 0 spiro atoms. The van der Waals surface area contributed by atoms with Gasteiger partial charge in [0.25, 0.3) is 0 Å². The number of carboxylic acid groups (broad SMARTS) is 1. The number of aliphatic carboxylic acids is 1. The molecule has 322 valence electrons. The Morgan fingerprint density at radius 2 is 1.90 bits per heavy atom. The number of ether oxygens (including phenoxy) is 5. The van der Waals surface area contributed by atoms with Gasteiger partial charge in [0, 0.05) is 57.4 Å². The van der Waals surface area contributed by atoms with Crippen molar-refractivity contribution >= 4 is 68.7 Å². The van der Waals surface area contributed by atoms with Gasteiger partial charge in [-0.1, -0.05) is 70.8 Å². The number of carbonyl (C=O) groups is 5. The van der Waals surface area contributed by atoms with E-state index in [9.17, 15) is 29.1 Å². The summed E-state index contributed by atoms with van der Waals surface area (Å²) in [6.07, 6.45) is 1.43. The van der Waals surface area contributed by atoms with Crippen LogP contribution >= 0.6 is 33.2 Å². The number of epoxide rings is 1. The molecule has 4 rings (SSSR count). The Balaban J connectivity index is 1.63. The van der Waals surface area contributed by atoms with Crippen molar-refractivity contribution in [2.24, 2.45) is 5.92 Å². The number of carboxylic acids is 1. The molecular formula is C40H56ClN3O12S2. The maximum Gasteiger partial charge on any atom is 0.409 e. The third kappa shape index (κ3) is 11.6. The lowest BCUT2D eigenvalue weighted by Crippen LogP contribution is -2.63. The zero-order chi connectivity index (χ0) is 43.1. The molecule has 2 fully saturated rings. The van der Waals surface area contributed by atoms with Crippen molar-refractivity contribution in [2.45, 2.75) is 120 Å². The molecule has 1 aromatic rings. The average Bonchev–Trinajstić information content (AvgIpc) is 3.87. The molecule has 1 aromatic carbocycles. The van der Waals surface area contributed by atoms with Crippen LogP contribution in [0.2, 0.25) is 5.02 Å². The predicted molar refractivity (Wildman–Crippen MR) is 222 cm³/mol. The van der Waals surface area contributed by atoms with Crippen LogP contribution < -0.4 is 15.0 Å². The molecule has 0 radical (unpaired) electrons. The van der Waals surface area contributed by atoms with Crippen LogP contribution in [0.4, 0.5) is 10.5 Å². The zero-order valence-electron chi connectivity index (χ0n) is 34.4. The van der Waals surface area contributed by atoms with Gasteiger partial charge >= 0.3 is 18.0 Å². The monoisotopic (exact) mass is 869 g/mol. The summed E-state index contributed by atoms with van der Waals surface area (Å²) in [5, 5.41) is 23.5. The number of esters is 1. The summed E-state index contributed by atoms with van der Waals surface area (Å²) in [6, 6.07) is 2.53. The number of nitrogens with one attached hydrogen (secondary N) is 1. The maximum absolute atomic E-state index is 14.2. The number of benzene rings is 1. The number of hydrogen-bond donors (Lipinski definition) is 3. The smallest absolute Gasteiger partial charge is 0.409 e. The summed E-state index contributed by atoms with van der Waals surface area (Å²) in [4.78, 5) is 67.6. The van der Waals surface area contributed by atoms with Crippen LogP contribution in [0.5, 0.6) is 5.75 Å². The minimum absolute atomic E-state index is 0.0668. The van der Waals surface area contributed by atoms with Crippen molar-refractivity contribution in [1.82, 2.24) is 10.2 Å². The largest absolute Gasteiger partial charge is 0.495 e. The number of fused-ring (bicyclic) bond motifs is 5. The van der Waals surface area contributed by atoms with Gasteiger partial charge in [-0.05, 0) is 51.3 Å². The van der Waals surface area contributed by atoms with Crippen LogP contribution in [0.1, 0.15) is 72.3 Å². The second-order valence-electron chi connectivity index (χ2n) is 15.3. The van der Waals surface area contributed by atoms with Gasteiger partial charge < -0.3 is 43.7 Å². The fourth-order valence-electron chi connectivity index (χ4n) is 7.06. The zero-order valence-corrected chi connectivity index (χ0v) is 36.8. The van der Waals surface area contributed by atoms with Gasteiger partial charge in [0.1, 0.15) is 40.7 Å². The molecule has 3 aliphatic heterocycles. The third-order valence-electron chi connectivity index (χ3n) is 10.9. The van der Waals surface area contributed by atoms with Gasteiger partial charge in [-0.3, -0.25) is 19.7 Å². The molecule has 0 aliphatic carbocycles. The van der Waals surface area contributed by atoms with Crippen molar-refractivity contribution in [1.29, 1.82) is 0 Å². The molecule has 58 heavy (non-hydrogen) atoms. The molecule has 18 heteroatoms. The van der Waals surface area contributed by atoms with E-state index in [4.69, 9.17) is 40.4 Å². The number of halogens is 1. The molecule has 0 saturated carbocycles. The summed E-state index contributed by atoms with van der Waals surface area (Å²) >= 11 is 6.77. The first kappa shape index (κ1) is 47.2. The van der Waals surface area contributed by atoms with Crippen molar-refractivity contribution in [3.63, 3.8) is 0 Å². The second-order valence-corrected chi connectivity index (χ2v) is 18.6. The highest BCUT2D eigenvalue weighted by Crippen LogP contribution is 2.49. The molecule has 4 bridgehead atoms. The number of allylic oxidation sites excluding steroid dienone is 3. The number of amides is 3. The number of likely N-dealkylation sites (N-methyl/N-ethyl adjacent to an activating group) is 1. The minimum Gasteiger partial charge on any atom is -0.495 e. The Hall–Kier alpha value is -3.48. The molecule has 3 N–H and O–H groups in total. The van der Waals surface area contributed by atoms with Crippen LogP contribution in [0, 0.1) is 5.92 Å². The van der Waals surface area contributed by atoms with Crippen molar-refractivity contribution in [3.05, 3.63) is 46.5 Å². The Morgan fingerprint density at radius 3 is 2.55 bits per heavy atom. The molecule has 3 heterocycles. The fraction of sp³-hybridized carbons (Fsp3) is 0.625. The number of hydrogen-bond acceptors (Lipinski definition) is 13. The van der Waals surface area contributed by atoms with Crippen LogP contribution in [0.3, 0.4) is 0 Å². The average molecular weight is 870 g/mol. The number of rotatable bonds is 13. The first-order valence-electron chi connectivity index (χ1n) is 19.1. The van der Waals surface area contributed by atoms with E-state index in [0.29, 0.717) is 30.0 Å². The highest BCUT2D eigenvalue weighted by Gasteiger charge is 2.64. The van der Waals surface area contributed by atoms with E-state index < -0.39 is 71.6 Å². The summed E-state index contributed by atoms with van der Waals surface area (Å²) in [6.45, 7) is 8.87. The number of carbonyl (C=O) groups excluding carboxylic acids is 4. The number of methoxy groups -OCH3 is 2. The van der Waals surface area contributed by atoms with Gasteiger partial charge in [0.15, 0.2) is 5.72 Å². The highest BCUT2D eigenvalue weighted by atomic mass is 35.5. The number of nitrogens with zero attached hydrogens (tertiary/aromatic N) is 2. The second kappa shape index (κ2) is 20.2. The molecule has 0 aromatic heterocycles. The molecular weight excluding hydrogens is 814 g/mol. The lowest BCUT2D eigenvalue weighted by Gasteiger charge is -2.42. The van der Waals surface area contributed by atoms with E-state index in [1.807, 2.05) is 19.9 Å². The van der Waals surface area contributed by atoms with E-state index in [1.165, 1.54) is 59.6 Å². The predicted octanol–water partition coefficient (Wildman–Crippen LogP) is 5.54. The molecule has 8 unspecified atom stereocenters. The first-order chi connectivity index (χ1) is 27.2. The number of alkyl carbamates (subject to hydrolysis) is 1. The topological polar surface area (TPSA) is 194 Å². The van der Waals surface area contributed by atoms with Crippen molar-refractivity contribution in [2.75, 3.05) is 39.0 Å². The van der Waals surface area contributed by atoms with E-state index in [1.54, 1.807) is 45.2 Å². The molecule has 3 amide bonds. The fourth-order valence-corrected chi connectivity index (χ4v) is 9.70. The highest BCUT2D eigenvalue weighted by molar-refractivity contribution is 8.76. The molecule has 2 saturated heterocycles. The van der Waals surface area contributed by atoms with Gasteiger partial charge in [-0.25, -0.2) is 9.59 Å². The Morgan fingerprint density at radius 1 is 1.19 bits per heavy atom. The first-order valence-corrected chi connectivity index (χ1v) is 21.9. The summed E-state index contributed by atoms with van der Waals surface area (Å²) < 4.78 is 29.3. The third-order valence-corrected chi connectivity index (χ3v) is 14.3. The van der Waals surface area contributed by atoms with Crippen LogP contribution in [0.15, 0.2) is 35.9 Å². The van der Waals surface area contributed by atoms with Crippen molar-refractivity contribution < 1.29 is 57.9 Å². The lowest BCUT2D eigenvalue weighted by molar-refractivity contribution is -0.162. The van der Waals surface area contributed by atoms with E-state index >= 15 is 0 Å². The summed E-state index contributed by atoms with van der Waals surface area (Å²) in [5.74, 6) is -2.12. The molecule has 9 atom stereocenters. The van der Waals surface area contributed by atoms with E-state index in [-0.39, 0.29) is 41.9 Å². The quantitative estimate of drug-likeness (QED) is 0.0969. The van der Waals surface area contributed by atoms with Gasteiger partial charge in [-0.2, -0.15) is 0 Å². The lowest BCUT2D eigenvalue weighted by atomic mass is 9.83. The van der Waals surface area contributed by atoms with Crippen LogP contribution in [-0.2, 0) is 44.5 Å². The maximum atomic E-state index is 14.2. The SMILES string of the molecule is COc1cc2cc(c1Cl)N(C)C(=O)CC(OC(=O)[C@H](C)N(C)C(=O)CCSSC(C)CCC(=O)O)C1(C)OC1C(C)C1CC(O)(NC(=O)O1)C(OC)/C=C/C=C(\C)C2. The van der Waals surface area contributed by atoms with E-state index in [2.05, 4.69) is 5.32 Å². The van der Waals surface area contributed by atoms with Crippen LogP contribution in [0.25, 0.3) is 0 Å². The van der Waals surface area contributed by atoms with Gasteiger partial charge in [0.2, 0.25) is 11.8 Å². The Labute approximate surface area is 352 Å². The van der Waals surface area contributed by atoms with Gasteiger partial charge in [0.05, 0.1) is 25.3 Å². The molecule has 3 aliphatic rings. The van der Waals surface area contributed by atoms with Crippen molar-refractivity contribution in [3.8, 4) is 5.75 Å². The summed E-state index contributed by atoms with van der Waals surface area (Å²) in [7, 11) is 8.93. The summed E-state index contributed by atoms with van der Waals surface area (Å²) in [5.41, 5.74) is -1.02. The van der Waals surface area contributed by atoms with E-state index in [0.717, 1.165) is 11.1 Å². The Kier molecular flexibility index (Phi) is 16.4. The van der Waals surface area contributed by atoms with Gasteiger partial charge in [-0.15, -0.1) is 0 Å². The number of aliphatic hydroxyl groups is 1. The van der Waals surface area contributed by atoms with Crippen LogP contribution in [-0.4, -0.2) is 126 Å². The molecule has 15 nitrogen and oxygen atoms in total. The Bertz CT molecular complexity index is 1760. The minimum atomic E-state index is -1.85. The normalized spacial score (nSPS) is 30.0.